The smallest absolute Gasteiger partial charge is 0.297 e. The molecule has 13 heavy (non-hydrogen) atoms. The van der Waals surface area contributed by atoms with E-state index in [4.69, 9.17) is 6.42 Å². The zero-order chi connectivity index (χ0) is 9.68. The monoisotopic (exact) mass is 193 g/mol. The van der Waals surface area contributed by atoms with Crippen molar-refractivity contribution in [2.24, 2.45) is 0 Å². The number of hydrogen-bond acceptors (Lipinski definition) is 2. The Morgan fingerprint density at radius 1 is 1.77 bits per heavy atom. The average Bonchev–Trinajstić information content (AvgIpc) is 2.65. The second-order valence-electron chi connectivity index (χ2n) is 2.70. The molecule has 0 aliphatic rings. The Hall–Kier alpha value is -1.27. The molecule has 3 heteroatoms. The van der Waals surface area contributed by atoms with Gasteiger partial charge in [-0.1, -0.05) is 6.07 Å². The molecule has 0 aliphatic carbocycles. The third-order valence-electron chi connectivity index (χ3n) is 1.74. The molecular weight excluding hydrogens is 182 g/mol. The third-order valence-corrected chi connectivity index (χ3v) is 2.68. The Morgan fingerprint density at radius 3 is 3.08 bits per heavy atom. The molecule has 0 fully saturated rings. The molecule has 1 rings (SSSR count). The number of carbonyl (C=O) groups is 1. The lowest BCUT2D eigenvalue weighted by molar-refractivity contribution is -0.123. The van der Waals surface area contributed by atoms with Crippen LogP contribution in [0.3, 0.4) is 0 Å². The molecule has 2 nitrogen and oxygen atoms in total. The summed E-state index contributed by atoms with van der Waals surface area (Å²) in [4.78, 5) is 13.8. The van der Waals surface area contributed by atoms with Crippen molar-refractivity contribution in [2.45, 2.75) is 6.42 Å². The summed E-state index contributed by atoms with van der Waals surface area (Å²) in [6, 6.07) is 4.06. The maximum absolute atomic E-state index is 11.0. The molecule has 0 radical (unpaired) electrons. The van der Waals surface area contributed by atoms with Crippen LogP contribution in [0.15, 0.2) is 17.5 Å². The molecular formula is C10H11NOS. The molecule has 0 saturated carbocycles. The highest BCUT2D eigenvalue weighted by Crippen LogP contribution is 2.09. The summed E-state index contributed by atoms with van der Waals surface area (Å²) >= 11 is 1.69. The number of rotatable bonds is 3. The van der Waals surface area contributed by atoms with Crippen LogP contribution in [0.1, 0.15) is 4.88 Å². The van der Waals surface area contributed by atoms with Gasteiger partial charge < -0.3 is 4.90 Å². The largest absolute Gasteiger partial charge is 0.335 e. The van der Waals surface area contributed by atoms with Crippen LogP contribution in [0.4, 0.5) is 0 Å². The van der Waals surface area contributed by atoms with Gasteiger partial charge in [0, 0.05) is 18.5 Å². The van der Waals surface area contributed by atoms with Crippen LogP contribution >= 0.6 is 11.3 Å². The van der Waals surface area contributed by atoms with Gasteiger partial charge in [0.05, 0.1) is 0 Å². The van der Waals surface area contributed by atoms with Gasteiger partial charge in [-0.05, 0) is 23.8 Å². The molecule has 0 atom stereocenters. The van der Waals surface area contributed by atoms with Crippen molar-refractivity contribution >= 4 is 17.2 Å². The number of nitrogens with zero attached hydrogens (tertiary/aromatic N) is 1. The summed E-state index contributed by atoms with van der Waals surface area (Å²) in [5, 5.41) is 2.03. The molecule has 1 amide bonds. The number of hydrogen-bond donors (Lipinski definition) is 0. The Bertz CT molecular complexity index is 310. The SMILES string of the molecule is C#CC(=O)N(C)CCc1cccs1. The molecule has 0 aliphatic heterocycles. The summed E-state index contributed by atoms with van der Waals surface area (Å²) in [5.74, 6) is 1.83. The van der Waals surface area contributed by atoms with Crippen molar-refractivity contribution in [1.29, 1.82) is 0 Å². The van der Waals surface area contributed by atoms with Crippen molar-refractivity contribution in [3.8, 4) is 12.3 Å². The minimum atomic E-state index is -0.253. The molecule has 0 unspecified atom stereocenters. The van der Waals surface area contributed by atoms with Crippen molar-refractivity contribution < 1.29 is 4.79 Å². The molecule has 0 bridgehead atoms. The molecule has 0 N–H and O–H groups in total. The van der Waals surface area contributed by atoms with E-state index in [1.165, 1.54) is 4.88 Å². The number of carbonyl (C=O) groups excluding carboxylic acids is 1. The molecule has 1 heterocycles. The predicted octanol–water partition coefficient (Wildman–Crippen LogP) is 1.38. The molecule has 1 aromatic heterocycles. The molecule has 68 valence electrons. The first kappa shape index (κ1) is 9.82. The van der Waals surface area contributed by atoms with Gasteiger partial charge in [-0.15, -0.1) is 17.8 Å². The predicted molar refractivity (Wildman–Crippen MR) is 54.5 cm³/mol. The van der Waals surface area contributed by atoms with E-state index in [1.807, 2.05) is 11.4 Å². The first-order chi connectivity index (χ1) is 6.24. The average molecular weight is 193 g/mol. The van der Waals surface area contributed by atoms with Gasteiger partial charge in [-0.2, -0.15) is 0 Å². The van der Waals surface area contributed by atoms with Gasteiger partial charge in [0.15, 0.2) is 0 Å². The van der Waals surface area contributed by atoms with Gasteiger partial charge in [0.25, 0.3) is 5.91 Å². The topological polar surface area (TPSA) is 20.3 Å². The van der Waals surface area contributed by atoms with Crippen LogP contribution < -0.4 is 0 Å². The Kier molecular flexibility index (Phi) is 3.53. The Labute approximate surface area is 82.2 Å². The van der Waals surface area contributed by atoms with Gasteiger partial charge in [-0.25, -0.2) is 0 Å². The fourth-order valence-electron chi connectivity index (χ4n) is 0.944. The van der Waals surface area contributed by atoms with E-state index in [9.17, 15) is 4.79 Å². The lowest BCUT2D eigenvalue weighted by atomic mass is 10.3. The summed E-state index contributed by atoms with van der Waals surface area (Å²) in [7, 11) is 1.72. The van der Waals surface area contributed by atoms with Gasteiger partial charge in [0.2, 0.25) is 0 Å². The van der Waals surface area contributed by atoms with E-state index in [1.54, 1.807) is 23.3 Å². The summed E-state index contributed by atoms with van der Waals surface area (Å²) in [6.07, 6.45) is 5.86. The number of thiophene rings is 1. The van der Waals surface area contributed by atoms with Gasteiger partial charge in [-0.3, -0.25) is 4.79 Å². The summed E-state index contributed by atoms with van der Waals surface area (Å²) in [6.45, 7) is 0.684. The zero-order valence-electron chi connectivity index (χ0n) is 7.49. The fourth-order valence-corrected chi connectivity index (χ4v) is 1.64. The van der Waals surface area contributed by atoms with E-state index < -0.39 is 0 Å². The van der Waals surface area contributed by atoms with Crippen molar-refractivity contribution in [1.82, 2.24) is 4.90 Å². The van der Waals surface area contributed by atoms with E-state index in [0.717, 1.165) is 6.42 Å². The quantitative estimate of drug-likeness (QED) is 0.664. The molecule has 0 aromatic carbocycles. The fraction of sp³-hybridized carbons (Fsp3) is 0.300. The van der Waals surface area contributed by atoms with Crippen LogP contribution in [0.2, 0.25) is 0 Å². The standard InChI is InChI=1S/C10H11NOS/c1-3-10(12)11(2)7-6-9-5-4-8-13-9/h1,4-5,8H,6-7H2,2H3. The Morgan fingerprint density at radius 2 is 2.54 bits per heavy atom. The van der Waals surface area contributed by atoms with Crippen molar-refractivity contribution in [2.75, 3.05) is 13.6 Å². The molecule has 1 aromatic rings. The molecule has 0 spiro atoms. The second kappa shape index (κ2) is 4.68. The van der Waals surface area contributed by atoms with Crippen LogP contribution in [0, 0.1) is 12.3 Å². The second-order valence-corrected chi connectivity index (χ2v) is 3.73. The van der Waals surface area contributed by atoms with Crippen molar-refractivity contribution in [3.05, 3.63) is 22.4 Å². The van der Waals surface area contributed by atoms with E-state index in [-0.39, 0.29) is 5.91 Å². The normalized spacial score (nSPS) is 9.23. The Balaban J connectivity index is 2.36. The third kappa shape index (κ3) is 2.92. The van der Waals surface area contributed by atoms with Crippen LogP contribution in [-0.4, -0.2) is 24.4 Å². The lowest BCUT2D eigenvalue weighted by Crippen LogP contribution is -2.27. The molecule has 0 saturated heterocycles. The van der Waals surface area contributed by atoms with Gasteiger partial charge >= 0.3 is 0 Å². The minimum Gasteiger partial charge on any atom is -0.335 e. The maximum atomic E-state index is 11.0. The first-order valence-electron chi connectivity index (χ1n) is 3.98. The lowest BCUT2D eigenvalue weighted by Gasteiger charge is -2.12. The highest BCUT2D eigenvalue weighted by atomic mass is 32.1. The first-order valence-corrected chi connectivity index (χ1v) is 4.86. The number of terminal acetylenes is 1. The maximum Gasteiger partial charge on any atom is 0.297 e. The van der Waals surface area contributed by atoms with Crippen LogP contribution in [0.5, 0.6) is 0 Å². The summed E-state index contributed by atoms with van der Waals surface area (Å²) in [5.41, 5.74) is 0. The zero-order valence-corrected chi connectivity index (χ0v) is 8.30. The van der Waals surface area contributed by atoms with E-state index in [2.05, 4.69) is 12.0 Å². The summed E-state index contributed by atoms with van der Waals surface area (Å²) < 4.78 is 0. The van der Waals surface area contributed by atoms with Crippen LogP contribution in [-0.2, 0) is 11.2 Å². The highest BCUT2D eigenvalue weighted by Gasteiger charge is 2.04. The number of amides is 1. The van der Waals surface area contributed by atoms with E-state index >= 15 is 0 Å². The van der Waals surface area contributed by atoms with Crippen molar-refractivity contribution in [3.63, 3.8) is 0 Å². The minimum absolute atomic E-state index is 0.253. The van der Waals surface area contributed by atoms with Gasteiger partial charge in [0.1, 0.15) is 0 Å². The van der Waals surface area contributed by atoms with Crippen LogP contribution in [0.25, 0.3) is 0 Å². The van der Waals surface area contributed by atoms with E-state index in [0.29, 0.717) is 6.54 Å². The number of likely N-dealkylation sites (N-methyl/N-ethyl adjacent to an activating group) is 1. The highest BCUT2D eigenvalue weighted by molar-refractivity contribution is 7.09.